The lowest BCUT2D eigenvalue weighted by atomic mass is 10.2. The molecule has 0 radical (unpaired) electrons. The number of halogens is 2. The number of nitrogens with one attached hydrogen (secondary N) is 1. The Morgan fingerprint density at radius 3 is 2.27 bits per heavy atom. The number of benzene rings is 1. The van der Waals surface area contributed by atoms with Crippen LogP contribution in [0.25, 0.3) is 0 Å². The van der Waals surface area contributed by atoms with Crippen molar-refractivity contribution in [2.75, 3.05) is 77.4 Å². The molecule has 0 atom stereocenters. The zero-order valence-corrected chi connectivity index (χ0v) is 21.3. The first-order chi connectivity index (χ1) is 15.6. The Morgan fingerprint density at radius 1 is 1.00 bits per heavy atom. The molecule has 4 rings (SSSR count). The summed E-state index contributed by atoms with van der Waals surface area (Å²) in [5.41, 5.74) is 1.08. The lowest BCUT2D eigenvalue weighted by molar-refractivity contribution is 0.0657. The molecule has 8 nitrogen and oxygen atoms in total. The fourth-order valence-corrected chi connectivity index (χ4v) is 4.22. The molecule has 10 heteroatoms. The maximum atomic E-state index is 13.1. The number of anilines is 1. The van der Waals surface area contributed by atoms with Crippen LogP contribution in [-0.4, -0.2) is 99.1 Å². The van der Waals surface area contributed by atoms with Crippen molar-refractivity contribution in [2.24, 2.45) is 4.99 Å². The molecule has 2 aliphatic rings. The molecule has 33 heavy (non-hydrogen) atoms. The second kappa shape index (κ2) is 12.2. The summed E-state index contributed by atoms with van der Waals surface area (Å²) >= 11 is 0. The molecule has 2 saturated heterocycles. The molecule has 180 valence electrons. The van der Waals surface area contributed by atoms with E-state index in [2.05, 4.69) is 25.0 Å². The monoisotopic (exact) mass is 570 g/mol. The highest BCUT2D eigenvalue weighted by Crippen LogP contribution is 2.16. The van der Waals surface area contributed by atoms with Crippen molar-refractivity contribution < 1.29 is 13.6 Å². The number of guanidine groups is 1. The second-order valence-corrected chi connectivity index (χ2v) is 8.04. The summed E-state index contributed by atoms with van der Waals surface area (Å²) in [6, 6.07) is 10.2. The third-order valence-corrected chi connectivity index (χ3v) is 6.09. The topological polar surface area (TPSA) is 67.6 Å². The lowest BCUT2D eigenvalue weighted by Crippen LogP contribution is -2.55. The molecule has 0 bridgehead atoms. The van der Waals surface area contributed by atoms with Gasteiger partial charge in [0.2, 0.25) is 0 Å². The SMILES string of the molecule is CN=C(NCCN1CCN(c2ccc(F)cc2)CC1)N1CCN(C(=O)c2ccco2)CC1.I. The third kappa shape index (κ3) is 6.59. The highest BCUT2D eigenvalue weighted by atomic mass is 127. The van der Waals surface area contributed by atoms with Crippen molar-refractivity contribution in [3.8, 4) is 0 Å². The van der Waals surface area contributed by atoms with Gasteiger partial charge in [-0.15, -0.1) is 24.0 Å². The van der Waals surface area contributed by atoms with Gasteiger partial charge >= 0.3 is 0 Å². The molecule has 1 amide bonds. The van der Waals surface area contributed by atoms with Gasteiger partial charge in [0.25, 0.3) is 5.91 Å². The van der Waals surface area contributed by atoms with Crippen LogP contribution in [0.1, 0.15) is 10.6 Å². The van der Waals surface area contributed by atoms with Gasteiger partial charge in [0.15, 0.2) is 11.7 Å². The summed E-state index contributed by atoms with van der Waals surface area (Å²) in [7, 11) is 1.80. The van der Waals surface area contributed by atoms with Crippen molar-refractivity contribution in [2.45, 2.75) is 0 Å². The van der Waals surface area contributed by atoms with E-state index in [1.807, 2.05) is 17.0 Å². The van der Waals surface area contributed by atoms with Crippen molar-refractivity contribution in [3.05, 3.63) is 54.2 Å². The first-order valence-electron chi connectivity index (χ1n) is 11.2. The highest BCUT2D eigenvalue weighted by molar-refractivity contribution is 14.0. The van der Waals surface area contributed by atoms with Crippen LogP contribution in [0.2, 0.25) is 0 Å². The van der Waals surface area contributed by atoms with Crippen molar-refractivity contribution >= 4 is 41.5 Å². The van der Waals surface area contributed by atoms with Crippen molar-refractivity contribution in [1.29, 1.82) is 0 Å². The molecular weight excluding hydrogens is 538 g/mol. The number of rotatable bonds is 5. The Labute approximate surface area is 211 Å². The number of nitrogens with zero attached hydrogens (tertiary/aromatic N) is 5. The number of amides is 1. The lowest BCUT2D eigenvalue weighted by Gasteiger charge is -2.37. The molecule has 1 aromatic heterocycles. The molecule has 1 N–H and O–H groups in total. The van der Waals surface area contributed by atoms with E-state index in [0.29, 0.717) is 18.8 Å². The molecule has 2 aliphatic heterocycles. The minimum absolute atomic E-state index is 0. The minimum Gasteiger partial charge on any atom is -0.459 e. The van der Waals surface area contributed by atoms with E-state index in [1.54, 1.807) is 19.2 Å². The molecule has 3 heterocycles. The van der Waals surface area contributed by atoms with Crippen LogP contribution in [-0.2, 0) is 0 Å². The molecule has 0 saturated carbocycles. The summed E-state index contributed by atoms with van der Waals surface area (Å²) in [5.74, 6) is 1.01. The first kappa shape index (κ1) is 25.3. The summed E-state index contributed by atoms with van der Waals surface area (Å²) in [5, 5.41) is 3.46. The number of hydrogen-bond donors (Lipinski definition) is 1. The normalized spacial score (nSPS) is 17.6. The van der Waals surface area contributed by atoms with Crippen LogP contribution in [0.3, 0.4) is 0 Å². The Balaban J connectivity index is 0.00000306. The van der Waals surface area contributed by atoms with Gasteiger partial charge in [-0.05, 0) is 36.4 Å². The summed E-state index contributed by atoms with van der Waals surface area (Å²) in [6.45, 7) is 8.35. The molecule has 2 aromatic rings. The fraction of sp³-hybridized carbons (Fsp3) is 0.478. The van der Waals surface area contributed by atoms with E-state index in [0.717, 1.165) is 64.0 Å². The third-order valence-electron chi connectivity index (χ3n) is 6.09. The Bertz CT molecular complexity index is 892. The van der Waals surface area contributed by atoms with Crippen molar-refractivity contribution in [3.63, 3.8) is 0 Å². The van der Waals surface area contributed by atoms with Crippen LogP contribution in [0.4, 0.5) is 10.1 Å². The number of hydrogen-bond acceptors (Lipinski definition) is 5. The number of carbonyl (C=O) groups is 1. The number of piperazine rings is 2. The van der Waals surface area contributed by atoms with Gasteiger partial charge in [0.1, 0.15) is 5.82 Å². The molecule has 0 spiro atoms. The highest BCUT2D eigenvalue weighted by Gasteiger charge is 2.25. The molecule has 2 fully saturated rings. The van der Waals surface area contributed by atoms with Gasteiger partial charge in [0.05, 0.1) is 6.26 Å². The van der Waals surface area contributed by atoms with E-state index in [4.69, 9.17) is 4.42 Å². The Kier molecular flexibility index (Phi) is 9.36. The predicted octanol–water partition coefficient (Wildman–Crippen LogP) is 2.19. The van der Waals surface area contributed by atoms with E-state index in [1.165, 1.54) is 18.4 Å². The number of carbonyl (C=O) groups excluding carboxylic acids is 1. The summed E-state index contributed by atoms with van der Waals surface area (Å²) in [6.07, 6.45) is 1.53. The average Bonchev–Trinajstić information content (AvgIpc) is 3.38. The van der Waals surface area contributed by atoms with Crippen LogP contribution in [0.5, 0.6) is 0 Å². The largest absolute Gasteiger partial charge is 0.459 e. The van der Waals surface area contributed by atoms with Crippen LogP contribution >= 0.6 is 24.0 Å². The van der Waals surface area contributed by atoms with Gasteiger partial charge in [-0.2, -0.15) is 0 Å². The predicted molar refractivity (Wildman–Crippen MR) is 138 cm³/mol. The molecule has 0 aliphatic carbocycles. The minimum atomic E-state index is -0.197. The van der Waals surface area contributed by atoms with Crippen molar-refractivity contribution in [1.82, 2.24) is 20.0 Å². The van der Waals surface area contributed by atoms with Crippen LogP contribution in [0.15, 0.2) is 52.1 Å². The number of aliphatic imine (C=N–C) groups is 1. The van der Waals surface area contributed by atoms with E-state index in [-0.39, 0.29) is 35.7 Å². The zero-order valence-electron chi connectivity index (χ0n) is 19.0. The average molecular weight is 570 g/mol. The maximum absolute atomic E-state index is 13.1. The quantitative estimate of drug-likeness (QED) is 0.338. The number of furan rings is 1. The molecule has 0 unspecified atom stereocenters. The van der Waals surface area contributed by atoms with Gasteiger partial charge in [-0.25, -0.2) is 4.39 Å². The fourth-order valence-electron chi connectivity index (χ4n) is 4.22. The molecule has 1 aromatic carbocycles. The standard InChI is InChI=1S/C23H31FN6O2.HI/c1-25-23(30-16-14-29(15-17-30)22(31)21-3-2-18-32-21)26-8-9-27-10-12-28(13-11-27)20-6-4-19(24)5-7-20;/h2-7,18H,8-17H2,1H3,(H,25,26);1H. The zero-order chi connectivity index (χ0) is 22.3. The van der Waals surface area contributed by atoms with Crippen LogP contribution < -0.4 is 10.2 Å². The van der Waals surface area contributed by atoms with Gasteiger partial charge in [-0.1, -0.05) is 0 Å². The van der Waals surface area contributed by atoms with E-state index in [9.17, 15) is 9.18 Å². The molecular formula is C23H32FIN6O2. The summed E-state index contributed by atoms with van der Waals surface area (Å²) < 4.78 is 18.4. The Morgan fingerprint density at radius 2 is 1.67 bits per heavy atom. The van der Waals surface area contributed by atoms with Crippen LogP contribution in [0, 0.1) is 5.82 Å². The first-order valence-corrected chi connectivity index (χ1v) is 11.2. The maximum Gasteiger partial charge on any atom is 0.289 e. The van der Waals surface area contributed by atoms with Gasteiger partial charge in [-0.3, -0.25) is 14.7 Å². The van der Waals surface area contributed by atoms with E-state index >= 15 is 0 Å². The smallest absolute Gasteiger partial charge is 0.289 e. The Hall–Kier alpha value is -2.34. The van der Waals surface area contributed by atoms with E-state index < -0.39 is 0 Å². The second-order valence-electron chi connectivity index (χ2n) is 8.04. The van der Waals surface area contributed by atoms with Gasteiger partial charge < -0.3 is 24.4 Å². The van der Waals surface area contributed by atoms with Gasteiger partial charge in [0, 0.05) is 78.2 Å². The summed E-state index contributed by atoms with van der Waals surface area (Å²) in [4.78, 5) is 25.6.